The summed E-state index contributed by atoms with van der Waals surface area (Å²) in [6.45, 7) is 3.56. The Morgan fingerprint density at radius 3 is 2.19 bits per heavy atom. The molecule has 122 valence electrons. The Morgan fingerprint density at radius 2 is 1.62 bits per heavy atom. The molecule has 0 unspecified atom stereocenters. The monoisotopic (exact) mass is 303 g/mol. The zero-order valence-electron chi connectivity index (χ0n) is 13.2. The highest BCUT2D eigenvalue weighted by molar-refractivity contribution is 5.02. The van der Waals surface area contributed by atoms with E-state index in [0.29, 0.717) is 6.42 Å². The lowest BCUT2D eigenvalue weighted by atomic mass is 9.96. The molecule has 21 heavy (non-hydrogen) atoms. The van der Waals surface area contributed by atoms with Gasteiger partial charge in [-0.05, 0) is 20.3 Å². The van der Waals surface area contributed by atoms with Crippen LogP contribution in [0.2, 0.25) is 0 Å². The third-order valence-corrected chi connectivity index (χ3v) is 5.20. The summed E-state index contributed by atoms with van der Waals surface area (Å²) in [4.78, 5) is 5.73. The van der Waals surface area contributed by atoms with Gasteiger partial charge in [-0.15, -0.1) is 0 Å². The fraction of sp³-hybridized carbons (Fsp3) is 1.00. The van der Waals surface area contributed by atoms with Gasteiger partial charge in [-0.1, -0.05) is 0 Å². The van der Waals surface area contributed by atoms with Crippen molar-refractivity contribution in [1.29, 1.82) is 0 Å². The molecule has 0 aromatic carbocycles. The van der Waals surface area contributed by atoms with E-state index in [2.05, 4.69) is 0 Å². The molecule has 1 aliphatic carbocycles. The van der Waals surface area contributed by atoms with E-state index in [1.54, 1.807) is 28.1 Å². The number of hydroxylamine groups is 2. The van der Waals surface area contributed by atoms with Crippen molar-refractivity contribution in [2.75, 3.05) is 21.3 Å². The van der Waals surface area contributed by atoms with E-state index in [4.69, 9.17) is 23.8 Å². The predicted molar refractivity (Wildman–Crippen MR) is 72.2 cm³/mol. The first-order valence-corrected chi connectivity index (χ1v) is 7.37. The van der Waals surface area contributed by atoms with Crippen molar-refractivity contribution in [1.82, 2.24) is 5.06 Å². The fourth-order valence-electron chi connectivity index (χ4n) is 3.59. The van der Waals surface area contributed by atoms with Crippen molar-refractivity contribution >= 4 is 0 Å². The van der Waals surface area contributed by atoms with Crippen molar-refractivity contribution in [3.8, 4) is 0 Å². The van der Waals surface area contributed by atoms with Gasteiger partial charge in [0.2, 0.25) is 11.6 Å². The van der Waals surface area contributed by atoms with Crippen LogP contribution in [0.15, 0.2) is 0 Å². The normalized spacial score (nSPS) is 54.3. The molecule has 2 aliphatic heterocycles. The van der Waals surface area contributed by atoms with Gasteiger partial charge in [-0.25, -0.2) is 0 Å². The summed E-state index contributed by atoms with van der Waals surface area (Å²) in [6.07, 6.45) is -0.147. The molecular formula is C14H25NO6. The van der Waals surface area contributed by atoms with Crippen LogP contribution in [-0.2, 0) is 23.8 Å². The minimum absolute atomic E-state index is 0.00426. The largest absolute Gasteiger partial charge is 0.390 e. The van der Waals surface area contributed by atoms with Crippen molar-refractivity contribution < 1.29 is 28.9 Å². The summed E-state index contributed by atoms with van der Waals surface area (Å²) in [7, 11) is 4.99. The molecule has 0 spiro atoms. The average Bonchev–Trinajstić information content (AvgIpc) is 2.75. The summed E-state index contributed by atoms with van der Waals surface area (Å²) in [5, 5.41) is 12.3. The maximum atomic E-state index is 10.5. The highest BCUT2D eigenvalue weighted by Crippen LogP contribution is 2.45. The quantitative estimate of drug-likeness (QED) is 0.785. The molecule has 0 amide bonds. The summed E-state index contributed by atoms with van der Waals surface area (Å²) in [5.74, 6) is -2.15. The first kappa shape index (κ1) is 15.6. The van der Waals surface area contributed by atoms with Gasteiger partial charge in [0.25, 0.3) is 0 Å². The molecule has 0 radical (unpaired) electrons. The Bertz CT molecular complexity index is 407. The molecule has 1 N–H and O–H groups in total. The van der Waals surface area contributed by atoms with Gasteiger partial charge in [-0.2, -0.15) is 5.06 Å². The van der Waals surface area contributed by atoms with Crippen LogP contribution < -0.4 is 0 Å². The van der Waals surface area contributed by atoms with E-state index in [1.807, 2.05) is 12.1 Å². The van der Waals surface area contributed by atoms with E-state index < -0.39 is 23.8 Å². The Hall–Kier alpha value is -0.280. The standard InChI is InChI=1S/C14H25NO6/c1-13(17-4)14(2,18-5)20-12-10(16)7-8-6-9(11(12)19-13)15(3)21-8/h8-12,16H,6-7H2,1-5H3/t8-,9+,10-,11-,12-,13+,14+/m1/s1. The second kappa shape index (κ2) is 5.13. The van der Waals surface area contributed by atoms with Crippen LogP contribution in [-0.4, -0.2) is 73.5 Å². The third-order valence-electron chi connectivity index (χ3n) is 5.20. The number of ether oxygens (including phenoxy) is 4. The number of methoxy groups -OCH3 is 2. The smallest absolute Gasteiger partial charge is 0.220 e. The maximum Gasteiger partial charge on any atom is 0.220 e. The number of rotatable bonds is 2. The lowest BCUT2D eigenvalue weighted by Gasteiger charge is -2.54. The number of nitrogens with zero attached hydrogens (tertiary/aromatic N) is 1. The van der Waals surface area contributed by atoms with Gasteiger partial charge in [0.15, 0.2) is 0 Å². The molecule has 0 aromatic rings. The van der Waals surface area contributed by atoms with E-state index in [0.717, 1.165) is 6.42 Å². The Balaban J connectivity index is 1.95. The van der Waals surface area contributed by atoms with Gasteiger partial charge in [0.1, 0.15) is 12.2 Å². The van der Waals surface area contributed by atoms with Crippen molar-refractivity contribution in [3.05, 3.63) is 0 Å². The van der Waals surface area contributed by atoms with E-state index in [9.17, 15) is 5.11 Å². The van der Waals surface area contributed by atoms with Crippen molar-refractivity contribution in [2.24, 2.45) is 0 Å². The number of hydrogen-bond donors (Lipinski definition) is 1. The summed E-state index contributed by atoms with van der Waals surface area (Å²) in [5.41, 5.74) is 0. The van der Waals surface area contributed by atoms with E-state index in [-0.39, 0.29) is 18.2 Å². The average molecular weight is 303 g/mol. The Labute approximate surface area is 125 Å². The maximum absolute atomic E-state index is 10.5. The summed E-state index contributed by atoms with van der Waals surface area (Å²) in [6, 6.07) is 0.0213. The summed E-state index contributed by atoms with van der Waals surface area (Å²) >= 11 is 0. The van der Waals surface area contributed by atoms with Crippen LogP contribution in [0.4, 0.5) is 0 Å². The molecule has 2 heterocycles. The zero-order chi connectivity index (χ0) is 15.4. The van der Waals surface area contributed by atoms with Crippen molar-refractivity contribution in [3.63, 3.8) is 0 Å². The molecule has 7 heteroatoms. The van der Waals surface area contributed by atoms with Gasteiger partial charge >= 0.3 is 0 Å². The van der Waals surface area contributed by atoms with Gasteiger partial charge in [0, 0.05) is 27.7 Å². The minimum Gasteiger partial charge on any atom is -0.390 e. The lowest BCUT2D eigenvalue weighted by Crippen LogP contribution is -2.69. The van der Waals surface area contributed by atoms with E-state index in [1.165, 1.54) is 0 Å². The zero-order valence-corrected chi connectivity index (χ0v) is 13.2. The number of hydrogen-bond acceptors (Lipinski definition) is 7. The number of aliphatic hydroxyl groups excluding tert-OH is 1. The lowest BCUT2D eigenvalue weighted by molar-refractivity contribution is -0.460. The Kier molecular flexibility index (Phi) is 3.81. The van der Waals surface area contributed by atoms with Crippen LogP contribution >= 0.6 is 0 Å². The molecule has 3 aliphatic rings. The second-order valence-electron chi connectivity index (χ2n) is 6.34. The first-order valence-electron chi connectivity index (χ1n) is 7.37. The molecule has 2 bridgehead atoms. The Morgan fingerprint density at radius 1 is 1.05 bits per heavy atom. The van der Waals surface area contributed by atoms with Crippen LogP contribution in [0.1, 0.15) is 26.7 Å². The number of aliphatic hydroxyl groups is 1. The van der Waals surface area contributed by atoms with E-state index >= 15 is 0 Å². The molecule has 3 fully saturated rings. The van der Waals surface area contributed by atoms with Crippen LogP contribution in [0, 0.1) is 0 Å². The van der Waals surface area contributed by atoms with Crippen LogP contribution in [0.25, 0.3) is 0 Å². The molecule has 3 rings (SSSR count). The molecule has 7 nitrogen and oxygen atoms in total. The molecule has 2 saturated heterocycles. The summed E-state index contributed by atoms with van der Waals surface area (Å²) < 4.78 is 23.4. The third kappa shape index (κ3) is 2.23. The van der Waals surface area contributed by atoms with Gasteiger partial charge in [0.05, 0.1) is 18.2 Å². The highest BCUT2D eigenvalue weighted by Gasteiger charge is 2.61. The van der Waals surface area contributed by atoms with Gasteiger partial charge < -0.3 is 24.1 Å². The van der Waals surface area contributed by atoms with Crippen LogP contribution in [0.5, 0.6) is 0 Å². The minimum atomic E-state index is -1.09. The first-order chi connectivity index (χ1) is 9.83. The molecule has 7 atom stereocenters. The molecule has 0 aromatic heterocycles. The highest BCUT2D eigenvalue weighted by atomic mass is 16.8. The molecule has 1 saturated carbocycles. The fourth-order valence-corrected chi connectivity index (χ4v) is 3.59. The predicted octanol–water partition coefficient (Wildman–Crippen LogP) is 0.265. The number of fused-ring (bicyclic) bond motifs is 4. The second-order valence-corrected chi connectivity index (χ2v) is 6.34. The molecular weight excluding hydrogens is 278 g/mol. The SMILES string of the molecule is CO[C@@]1(C)O[C@H]2[C@H](O[C@]1(C)OC)[C@@H]1C[C@H](C[C@H]2O)ON1C. The number of likely N-dealkylation sites (N-methyl/N-ethyl adjacent to an activating group) is 1. The van der Waals surface area contributed by atoms with Crippen molar-refractivity contribution in [2.45, 2.75) is 68.7 Å². The topological polar surface area (TPSA) is 69.6 Å². The van der Waals surface area contributed by atoms with Gasteiger partial charge in [-0.3, -0.25) is 4.84 Å². The van der Waals surface area contributed by atoms with Crippen LogP contribution in [0.3, 0.4) is 0 Å².